The summed E-state index contributed by atoms with van der Waals surface area (Å²) in [6.07, 6.45) is 4.03. The van der Waals surface area contributed by atoms with Crippen LogP contribution in [0.15, 0.2) is 30.3 Å². The van der Waals surface area contributed by atoms with Gasteiger partial charge in [-0.2, -0.15) is 0 Å². The summed E-state index contributed by atoms with van der Waals surface area (Å²) in [6.45, 7) is 2.04. The average molecular weight is 293 g/mol. The predicted octanol–water partition coefficient (Wildman–Crippen LogP) is 3.55. The number of thiocarbonyl (C=S) groups is 1. The van der Waals surface area contributed by atoms with Crippen LogP contribution in [0.2, 0.25) is 0 Å². The molecule has 0 aliphatic heterocycles. The molecule has 2 nitrogen and oxygen atoms in total. The number of carbonyl (C=O) groups is 1. The molecule has 0 radical (unpaired) electrons. The molecule has 0 unspecified atom stereocenters. The summed E-state index contributed by atoms with van der Waals surface area (Å²) < 4.78 is 0.815. The van der Waals surface area contributed by atoms with Crippen LogP contribution in [0, 0.1) is 6.92 Å². The van der Waals surface area contributed by atoms with Gasteiger partial charge in [-0.15, -0.1) is 0 Å². The van der Waals surface area contributed by atoms with Gasteiger partial charge in [0.25, 0.3) is 0 Å². The molecule has 102 valence electrons. The Morgan fingerprint density at radius 2 is 2.16 bits per heavy atom. The summed E-state index contributed by atoms with van der Waals surface area (Å²) >= 11 is 6.68. The minimum absolute atomic E-state index is 0.135. The number of hydrogen-bond donors (Lipinski definition) is 0. The van der Waals surface area contributed by atoms with E-state index in [-0.39, 0.29) is 5.78 Å². The Balaban J connectivity index is 2.37. The van der Waals surface area contributed by atoms with Gasteiger partial charge >= 0.3 is 0 Å². The monoisotopic (exact) mass is 293 g/mol. The summed E-state index contributed by atoms with van der Waals surface area (Å²) in [7, 11) is 3.82. The lowest BCUT2D eigenvalue weighted by molar-refractivity contribution is -0.114. The van der Waals surface area contributed by atoms with E-state index in [1.54, 1.807) is 6.08 Å². The molecule has 0 saturated heterocycles. The third-order valence-corrected chi connectivity index (χ3v) is 4.18. The number of carbonyl (C=O) groups excluding carboxylic acids is 1. The third kappa shape index (κ3) is 6.55. The van der Waals surface area contributed by atoms with Crippen LogP contribution in [0.25, 0.3) is 6.08 Å². The van der Waals surface area contributed by atoms with E-state index in [9.17, 15) is 4.79 Å². The van der Waals surface area contributed by atoms with Crippen molar-refractivity contribution in [1.82, 2.24) is 4.90 Å². The van der Waals surface area contributed by atoms with Crippen LogP contribution in [0.4, 0.5) is 0 Å². The first-order valence-electron chi connectivity index (χ1n) is 6.10. The van der Waals surface area contributed by atoms with Gasteiger partial charge in [0.2, 0.25) is 0 Å². The Labute approximate surface area is 124 Å². The smallest absolute Gasteiger partial charge is 0.156 e. The van der Waals surface area contributed by atoms with E-state index in [4.69, 9.17) is 12.2 Å². The highest BCUT2D eigenvalue weighted by Gasteiger charge is 2.02. The van der Waals surface area contributed by atoms with Crippen LogP contribution in [0.3, 0.4) is 0 Å². The molecule has 0 atom stereocenters. The predicted molar refractivity (Wildman–Crippen MR) is 88.6 cm³/mol. The molecule has 0 aliphatic rings. The minimum Gasteiger partial charge on any atom is -0.364 e. The number of benzene rings is 1. The van der Waals surface area contributed by atoms with Gasteiger partial charge in [0.15, 0.2) is 5.78 Å². The second-order valence-electron chi connectivity index (χ2n) is 4.47. The maximum atomic E-state index is 11.7. The minimum atomic E-state index is 0.135. The van der Waals surface area contributed by atoms with E-state index >= 15 is 0 Å². The fourth-order valence-electron chi connectivity index (χ4n) is 1.41. The first-order chi connectivity index (χ1) is 8.99. The first kappa shape index (κ1) is 15.9. The molecule has 0 heterocycles. The van der Waals surface area contributed by atoms with Crippen LogP contribution >= 0.6 is 24.0 Å². The van der Waals surface area contributed by atoms with E-state index in [1.807, 2.05) is 50.2 Å². The van der Waals surface area contributed by atoms with Gasteiger partial charge in [-0.25, -0.2) is 0 Å². The van der Waals surface area contributed by atoms with Crippen LogP contribution in [-0.4, -0.2) is 34.9 Å². The van der Waals surface area contributed by atoms with Crippen molar-refractivity contribution in [3.8, 4) is 0 Å². The molecule has 1 rings (SSSR count). The van der Waals surface area contributed by atoms with Gasteiger partial charge in [-0.05, 0) is 18.6 Å². The Morgan fingerprint density at radius 1 is 1.42 bits per heavy atom. The van der Waals surface area contributed by atoms with Crippen molar-refractivity contribution in [2.75, 3.05) is 19.8 Å². The molecule has 0 aromatic heterocycles. The Hall–Kier alpha value is -1.13. The Kier molecular flexibility index (Phi) is 6.81. The van der Waals surface area contributed by atoms with Crippen LogP contribution in [0.1, 0.15) is 17.5 Å². The van der Waals surface area contributed by atoms with Crippen LogP contribution < -0.4 is 0 Å². The quantitative estimate of drug-likeness (QED) is 0.611. The summed E-state index contributed by atoms with van der Waals surface area (Å²) in [6, 6.07) is 8.08. The Bertz CT molecular complexity index is 481. The van der Waals surface area contributed by atoms with Gasteiger partial charge in [0, 0.05) is 26.3 Å². The van der Waals surface area contributed by atoms with Crippen molar-refractivity contribution in [2.24, 2.45) is 0 Å². The molecule has 0 spiro atoms. The standard InChI is InChI=1S/C15H19NOS2/c1-12-5-4-6-13(11-12)7-8-14(17)9-10-19-15(18)16(2)3/h4-8,11H,9-10H2,1-3H3. The first-order valence-corrected chi connectivity index (χ1v) is 7.50. The number of ketones is 1. The van der Waals surface area contributed by atoms with Crippen molar-refractivity contribution in [2.45, 2.75) is 13.3 Å². The summed E-state index contributed by atoms with van der Waals surface area (Å²) in [5.74, 6) is 0.865. The molecule has 1 aromatic carbocycles. The van der Waals surface area contributed by atoms with Gasteiger partial charge in [0.05, 0.1) is 0 Å². The molecule has 4 heteroatoms. The molecular weight excluding hydrogens is 274 g/mol. The number of rotatable bonds is 5. The van der Waals surface area contributed by atoms with Crippen molar-refractivity contribution >= 4 is 40.2 Å². The van der Waals surface area contributed by atoms with Gasteiger partial charge in [-0.1, -0.05) is 59.9 Å². The molecule has 19 heavy (non-hydrogen) atoms. The van der Waals surface area contributed by atoms with E-state index in [0.29, 0.717) is 6.42 Å². The topological polar surface area (TPSA) is 20.3 Å². The Morgan fingerprint density at radius 3 is 2.79 bits per heavy atom. The zero-order chi connectivity index (χ0) is 14.3. The van der Waals surface area contributed by atoms with Crippen molar-refractivity contribution in [1.29, 1.82) is 0 Å². The lowest BCUT2D eigenvalue weighted by Gasteiger charge is -2.11. The molecule has 0 aliphatic carbocycles. The molecule has 1 aromatic rings. The summed E-state index contributed by atoms with van der Waals surface area (Å²) in [5, 5.41) is 0. The van der Waals surface area contributed by atoms with Crippen molar-refractivity contribution in [3.05, 3.63) is 41.5 Å². The van der Waals surface area contributed by atoms with Gasteiger partial charge in [-0.3, -0.25) is 4.79 Å². The van der Waals surface area contributed by atoms with Crippen LogP contribution in [-0.2, 0) is 4.79 Å². The molecule has 0 saturated carbocycles. The SMILES string of the molecule is Cc1cccc(C=CC(=O)CCSC(=S)N(C)C)c1. The summed E-state index contributed by atoms with van der Waals surface area (Å²) in [5.41, 5.74) is 2.26. The zero-order valence-corrected chi connectivity index (χ0v) is 13.2. The molecular formula is C15H19NOS2. The highest BCUT2D eigenvalue weighted by atomic mass is 32.2. The highest BCUT2D eigenvalue weighted by molar-refractivity contribution is 8.22. The van der Waals surface area contributed by atoms with Crippen molar-refractivity contribution < 1.29 is 4.79 Å². The molecule has 0 amide bonds. The normalized spacial score (nSPS) is 10.7. The molecule has 0 bridgehead atoms. The van der Waals surface area contributed by atoms with Crippen molar-refractivity contribution in [3.63, 3.8) is 0 Å². The molecule has 0 fully saturated rings. The number of allylic oxidation sites excluding steroid dienone is 1. The lowest BCUT2D eigenvalue weighted by Crippen LogP contribution is -2.16. The van der Waals surface area contributed by atoms with E-state index < -0.39 is 0 Å². The lowest BCUT2D eigenvalue weighted by atomic mass is 10.1. The highest BCUT2D eigenvalue weighted by Crippen LogP contribution is 2.10. The van der Waals surface area contributed by atoms with Gasteiger partial charge < -0.3 is 4.90 Å². The summed E-state index contributed by atoms with van der Waals surface area (Å²) in [4.78, 5) is 13.6. The fourth-order valence-corrected chi connectivity index (χ4v) is 2.40. The maximum absolute atomic E-state index is 11.7. The number of aryl methyl sites for hydroxylation is 1. The fraction of sp³-hybridized carbons (Fsp3) is 0.333. The van der Waals surface area contributed by atoms with Crippen LogP contribution in [0.5, 0.6) is 0 Å². The maximum Gasteiger partial charge on any atom is 0.156 e. The largest absolute Gasteiger partial charge is 0.364 e. The number of nitrogens with zero attached hydrogens (tertiary/aromatic N) is 1. The van der Waals surface area contributed by atoms with E-state index in [1.165, 1.54) is 17.3 Å². The van der Waals surface area contributed by atoms with E-state index in [2.05, 4.69) is 6.07 Å². The van der Waals surface area contributed by atoms with E-state index in [0.717, 1.165) is 15.6 Å². The van der Waals surface area contributed by atoms with Gasteiger partial charge in [0.1, 0.15) is 4.32 Å². The zero-order valence-electron chi connectivity index (χ0n) is 11.6. The number of thioether (sulfide) groups is 1. The number of hydrogen-bond acceptors (Lipinski definition) is 3. The second kappa shape index (κ2) is 8.12. The third-order valence-electron chi connectivity index (χ3n) is 2.44. The molecule has 0 N–H and O–H groups in total. The second-order valence-corrected chi connectivity index (χ2v) is 6.20. The average Bonchev–Trinajstić information content (AvgIpc) is 2.36.